The third kappa shape index (κ3) is 2.47. The molecule has 1 fully saturated rings. The van der Waals surface area contributed by atoms with Crippen molar-refractivity contribution in [3.8, 4) is 0 Å². The summed E-state index contributed by atoms with van der Waals surface area (Å²) in [5.74, 6) is 0.313. The Morgan fingerprint density at radius 1 is 1.38 bits per heavy atom. The summed E-state index contributed by atoms with van der Waals surface area (Å²) in [6.45, 7) is 2.82. The number of piperidine rings is 1. The van der Waals surface area contributed by atoms with E-state index in [0.717, 1.165) is 37.9 Å². The largest absolute Gasteiger partial charge is 0.416 e. The van der Waals surface area contributed by atoms with Crippen molar-refractivity contribution < 1.29 is 18.0 Å². The third-order valence-corrected chi connectivity index (χ3v) is 4.48. The summed E-state index contributed by atoms with van der Waals surface area (Å²) in [4.78, 5) is 14.1. The van der Waals surface area contributed by atoms with Gasteiger partial charge in [0.1, 0.15) is 6.04 Å². The van der Waals surface area contributed by atoms with Gasteiger partial charge in [-0.15, -0.1) is 0 Å². The average Bonchev–Trinajstić information content (AvgIpc) is 2.45. The Morgan fingerprint density at radius 2 is 2.14 bits per heavy atom. The molecule has 0 bridgehead atoms. The molecular formula is C15H17F3N2O. The first-order chi connectivity index (χ1) is 9.90. The average molecular weight is 298 g/mol. The number of hydrogen-bond donors (Lipinski definition) is 1. The quantitative estimate of drug-likeness (QED) is 0.858. The molecule has 2 unspecified atom stereocenters. The van der Waals surface area contributed by atoms with Gasteiger partial charge in [-0.05, 0) is 37.0 Å². The van der Waals surface area contributed by atoms with Crippen molar-refractivity contribution in [3.05, 3.63) is 23.8 Å². The molecule has 0 aliphatic carbocycles. The van der Waals surface area contributed by atoms with Crippen LogP contribution in [-0.4, -0.2) is 18.5 Å². The molecule has 3 rings (SSSR count). The van der Waals surface area contributed by atoms with Crippen molar-refractivity contribution in [1.29, 1.82) is 0 Å². The SMILES string of the molecule is CCC1CCN2c3ccc(C(F)(F)F)cc3NC(=O)C2C1. The third-order valence-electron chi connectivity index (χ3n) is 4.48. The van der Waals surface area contributed by atoms with Gasteiger partial charge in [0.2, 0.25) is 5.91 Å². The van der Waals surface area contributed by atoms with Gasteiger partial charge in [-0.25, -0.2) is 0 Å². The Bertz CT molecular complexity index is 571. The monoisotopic (exact) mass is 298 g/mol. The van der Waals surface area contributed by atoms with E-state index in [1.54, 1.807) is 0 Å². The van der Waals surface area contributed by atoms with E-state index in [1.165, 1.54) is 6.07 Å². The molecule has 2 aliphatic rings. The van der Waals surface area contributed by atoms with Crippen LogP contribution in [0.2, 0.25) is 0 Å². The zero-order valence-corrected chi connectivity index (χ0v) is 11.7. The van der Waals surface area contributed by atoms with E-state index < -0.39 is 11.7 Å². The Balaban J connectivity index is 1.95. The fourth-order valence-corrected chi connectivity index (χ4v) is 3.23. The summed E-state index contributed by atoms with van der Waals surface area (Å²) in [5, 5.41) is 2.64. The normalized spacial score (nSPS) is 25.1. The number of amides is 1. The lowest BCUT2D eigenvalue weighted by Crippen LogP contribution is -2.52. The molecule has 0 radical (unpaired) electrons. The zero-order valence-electron chi connectivity index (χ0n) is 11.7. The van der Waals surface area contributed by atoms with Crippen LogP contribution in [0.5, 0.6) is 0 Å². The van der Waals surface area contributed by atoms with E-state index in [0.29, 0.717) is 11.6 Å². The highest BCUT2D eigenvalue weighted by atomic mass is 19.4. The Morgan fingerprint density at radius 3 is 2.81 bits per heavy atom. The molecule has 1 amide bonds. The maximum absolute atomic E-state index is 12.8. The summed E-state index contributed by atoms with van der Waals surface area (Å²) in [5.41, 5.74) is 0.228. The number of benzene rings is 1. The Labute approximate surface area is 121 Å². The lowest BCUT2D eigenvalue weighted by Gasteiger charge is -2.43. The molecule has 2 atom stereocenters. The summed E-state index contributed by atoms with van der Waals surface area (Å²) in [6, 6.07) is 3.32. The second-order valence-corrected chi connectivity index (χ2v) is 5.73. The van der Waals surface area contributed by atoms with Gasteiger partial charge in [-0.2, -0.15) is 13.2 Å². The van der Waals surface area contributed by atoms with E-state index in [2.05, 4.69) is 12.2 Å². The van der Waals surface area contributed by atoms with Crippen molar-refractivity contribution in [2.45, 2.75) is 38.4 Å². The minimum Gasteiger partial charge on any atom is -0.358 e. The Hall–Kier alpha value is -1.72. The number of alkyl halides is 3. The minimum atomic E-state index is -4.40. The van der Waals surface area contributed by atoms with Crippen molar-refractivity contribution in [1.82, 2.24) is 0 Å². The minimum absolute atomic E-state index is 0.194. The standard InChI is InChI=1S/C15H17F3N2O/c1-2-9-5-6-20-12-4-3-10(15(16,17)18)8-11(12)19-14(21)13(20)7-9/h3-4,8-9,13H,2,5-7H2,1H3,(H,19,21). The van der Waals surface area contributed by atoms with Crippen molar-refractivity contribution in [3.63, 3.8) is 0 Å². The zero-order chi connectivity index (χ0) is 15.2. The van der Waals surface area contributed by atoms with Crippen LogP contribution in [0.4, 0.5) is 24.5 Å². The summed E-state index contributed by atoms with van der Waals surface area (Å²) in [7, 11) is 0. The number of nitrogens with one attached hydrogen (secondary N) is 1. The number of halogens is 3. The van der Waals surface area contributed by atoms with Crippen molar-refractivity contribution in [2.24, 2.45) is 5.92 Å². The van der Waals surface area contributed by atoms with E-state index in [9.17, 15) is 18.0 Å². The highest BCUT2D eigenvalue weighted by Gasteiger charge is 2.39. The molecule has 2 aliphatic heterocycles. The van der Waals surface area contributed by atoms with Gasteiger partial charge in [-0.1, -0.05) is 13.3 Å². The summed E-state index contributed by atoms with van der Waals surface area (Å²) >= 11 is 0. The van der Waals surface area contributed by atoms with Crippen LogP contribution in [0.25, 0.3) is 0 Å². The molecule has 21 heavy (non-hydrogen) atoms. The molecule has 1 aromatic carbocycles. The van der Waals surface area contributed by atoms with Crippen LogP contribution in [-0.2, 0) is 11.0 Å². The molecule has 2 heterocycles. The number of anilines is 2. The van der Waals surface area contributed by atoms with Gasteiger partial charge in [-0.3, -0.25) is 4.79 Å². The number of carbonyl (C=O) groups is 1. The fraction of sp³-hybridized carbons (Fsp3) is 0.533. The molecule has 1 saturated heterocycles. The number of fused-ring (bicyclic) bond motifs is 3. The first-order valence-electron chi connectivity index (χ1n) is 7.19. The topological polar surface area (TPSA) is 32.3 Å². The number of hydrogen-bond acceptors (Lipinski definition) is 2. The lowest BCUT2D eigenvalue weighted by atomic mass is 9.86. The highest BCUT2D eigenvalue weighted by Crippen LogP contribution is 2.41. The van der Waals surface area contributed by atoms with Crippen LogP contribution < -0.4 is 10.2 Å². The first-order valence-corrected chi connectivity index (χ1v) is 7.19. The second-order valence-electron chi connectivity index (χ2n) is 5.73. The van der Waals surface area contributed by atoms with Crippen LogP contribution in [0.1, 0.15) is 31.7 Å². The Kier molecular flexibility index (Phi) is 3.34. The van der Waals surface area contributed by atoms with Crippen molar-refractivity contribution >= 4 is 17.3 Å². The number of carbonyl (C=O) groups excluding carboxylic acids is 1. The summed E-state index contributed by atoms with van der Waals surface area (Å²) < 4.78 is 38.3. The summed E-state index contributed by atoms with van der Waals surface area (Å²) in [6.07, 6.45) is -1.63. The maximum atomic E-state index is 12.8. The van der Waals surface area contributed by atoms with Crippen LogP contribution in [0.15, 0.2) is 18.2 Å². The van der Waals surface area contributed by atoms with Gasteiger partial charge in [0.15, 0.2) is 0 Å². The molecule has 0 aromatic heterocycles. The van der Waals surface area contributed by atoms with Gasteiger partial charge < -0.3 is 10.2 Å². The number of rotatable bonds is 1. The van der Waals surface area contributed by atoms with Crippen LogP contribution in [0, 0.1) is 5.92 Å². The second kappa shape index (κ2) is 4.93. The molecule has 0 saturated carbocycles. The van der Waals surface area contributed by atoms with Gasteiger partial charge >= 0.3 is 6.18 Å². The van der Waals surface area contributed by atoms with Crippen LogP contribution >= 0.6 is 0 Å². The lowest BCUT2D eigenvalue weighted by molar-refractivity contribution is -0.137. The van der Waals surface area contributed by atoms with Gasteiger partial charge in [0, 0.05) is 6.54 Å². The van der Waals surface area contributed by atoms with Crippen LogP contribution in [0.3, 0.4) is 0 Å². The number of nitrogens with zero attached hydrogens (tertiary/aromatic N) is 1. The van der Waals surface area contributed by atoms with E-state index in [-0.39, 0.29) is 17.6 Å². The molecule has 6 heteroatoms. The molecule has 0 spiro atoms. The molecular weight excluding hydrogens is 281 g/mol. The highest BCUT2D eigenvalue weighted by molar-refractivity contribution is 6.03. The molecule has 3 nitrogen and oxygen atoms in total. The van der Waals surface area contributed by atoms with Crippen molar-refractivity contribution in [2.75, 3.05) is 16.8 Å². The van der Waals surface area contributed by atoms with E-state index in [1.807, 2.05) is 4.90 Å². The van der Waals surface area contributed by atoms with Gasteiger partial charge in [0.05, 0.1) is 16.9 Å². The molecule has 1 N–H and O–H groups in total. The van der Waals surface area contributed by atoms with E-state index in [4.69, 9.17) is 0 Å². The maximum Gasteiger partial charge on any atom is 0.416 e. The molecule has 114 valence electrons. The first kappa shape index (κ1) is 14.2. The molecule has 1 aromatic rings. The smallest absolute Gasteiger partial charge is 0.358 e. The van der Waals surface area contributed by atoms with Gasteiger partial charge in [0.25, 0.3) is 0 Å². The fourth-order valence-electron chi connectivity index (χ4n) is 3.23. The predicted octanol–water partition coefficient (Wildman–Crippen LogP) is 3.65. The predicted molar refractivity (Wildman–Crippen MR) is 74.2 cm³/mol. The van der Waals surface area contributed by atoms with E-state index >= 15 is 0 Å².